The van der Waals surface area contributed by atoms with E-state index in [2.05, 4.69) is 0 Å². The lowest BCUT2D eigenvalue weighted by Gasteiger charge is -2.39. The maximum absolute atomic E-state index is 14.2. The fourth-order valence-electron chi connectivity index (χ4n) is 2.85. The van der Waals surface area contributed by atoms with Gasteiger partial charge in [-0.25, -0.2) is 0 Å². The van der Waals surface area contributed by atoms with Gasteiger partial charge in [0.25, 0.3) is 0 Å². The Morgan fingerprint density at radius 3 is 1.82 bits per heavy atom. The summed E-state index contributed by atoms with van der Waals surface area (Å²) in [5, 5.41) is 0. The molecule has 0 spiro atoms. The van der Waals surface area contributed by atoms with Crippen molar-refractivity contribution >= 4 is 0 Å². The zero-order valence-electron chi connectivity index (χ0n) is 15.6. The summed E-state index contributed by atoms with van der Waals surface area (Å²) >= 11 is 0. The molecule has 2 atom stereocenters. The summed E-state index contributed by atoms with van der Waals surface area (Å²) < 4.78 is 124. The molecule has 0 aromatic heterocycles. The molecule has 0 saturated heterocycles. The van der Waals surface area contributed by atoms with Crippen molar-refractivity contribution in [1.29, 1.82) is 0 Å². The fourth-order valence-corrected chi connectivity index (χ4v) is 2.85. The molecule has 0 fully saturated rings. The molecule has 0 aliphatic rings. The molecule has 0 bridgehead atoms. The minimum Gasteiger partial charge on any atom is -0.374 e. The van der Waals surface area contributed by atoms with Crippen LogP contribution in [0.15, 0.2) is 24.3 Å². The highest BCUT2D eigenvalue weighted by Gasteiger charge is 2.82. The molecule has 0 aliphatic heterocycles. The Morgan fingerprint density at radius 1 is 0.893 bits per heavy atom. The molecule has 0 N–H and O–H groups in total. The first-order valence-electron chi connectivity index (χ1n) is 8.33. The van der Waals surface area contributed by atoms with Gasteiger partial charge in [0, 0.05) is 7.11 Å². The number of hydrogen-bond donors (Lipinski definition) is 0. The molecule has 0 aliphatic carbocycles. The number of halogens is 9. The normalized spacial score (nSPS) is 17.3. The van der Waals surface area contributed by atoms with Gasteiger partial charge in [-0.2, -0.15) is 39.5 Å². The average Bonchev–Trinajstić information content (AvgIpc) is 2.59. The van der Waals surface area contributed by atoms with Crippen LogP contribution < -0.4 is 0 Å². The molecule has 2 unspecified atom stereocenters. The number of ether oxygens (including phenoxy) is 1. The minimum atomic E-state index is -6.92. The van der Waals surface area contributed by atoms with Crippen molar-refractivity contribution in [3.63, 3.8) is 0 Å². The fraction of sp³-hybridized carbons (Fsp3) is 0.667. The maximum Gasteiger partial charge on any atom is 0.460 e. The summed E-state index contributed by atoms with van der Waals surface area (Å²) in [6, 6.07) is 5.78. The molecule has 0 amide bonds. The predicted molar refractivity (Wildman–Crippen MR) is 85.0 cm³/mol. The average molecular weight is 424 g/mol. The Morgan fingerprint density at radius 2 is 1.39 bits per heavy atom. The standard InChI is InChI=1S/C18H21F9O/c1-5-11(2)12-8-6-7-9-13(12)14(3,28-4)10-15(19,20)16(21,22)17(23,24)18(25,26)27/h6-9,11H,5,10H2,1-4H3. The van der Waals surface area contributed by atoms with E-state index in [9.17, 15) is 39.5 Å². The van der Waals surface area contributed by atoms with Crippen LogP contribution in [0.25, 0.3) is 0 Å². The first-order valence-corrected chi connectivity index (χ1v) is 8.33. The van der Waals surface area contributed by atoms with Crippen LogP contribution in [0.5, 0.6) is 0 Å². The Balaban J connectivity index is 3.46. The van der Waals surface area contributed by atoms with Crippen molar-refractivity contribution in [3.05, 3.63) is 35.4 Å². The van der Waals surface area contributed by atoms with Crippen LogP contribution >= 0.6 is 0 Å². The van der Waals surface area contributed by atoms with E-state index in [1.165, 1.54) is 18.2 Å². The third-order valence-electron chi connectivity index (χ3n) is 4.89. The first-order chi connectivity index (χ1) is 12.5. The molecule has 1 nitrogen and oxygen atoms in total. The Kier molecular flexibility index (Phi) is 6.81. The van der Waals surface area contributed by atoms with Gasteiger partial charge in [0.05, 0.1) is 12.0 Å². The van der Waals surface area contributed by atoms with Crippen LogP contribution in [0.1, 0.15) is 50.7 Å². The Labute approximate surface area is 156 Å². The number of benzene rings is 1. The van der Waals surface area contributed by atoms with Gasteiger partial charge in [-0.05, 0) is 30.4 Å². The highest BCUT2D eigenvalue weighted by Crippen LogP contribution is 2.56. The highest BCUT2D eigenvalue weighted by atomic mass is 19.4. The largest absolute Gasteiger partial charge is 0.460 e. The van der Waals surface area contributed by atoms with E-state index in [4.69, 9.17) is 4.74 Å². The third-order valence-corrected chi connectivity index (χ3v) is 4.89. The quantitative estimate of drug-likeness (QED) is 0.412. The van der Waals surface area contributed by atoms with Crippen molar-refractivity contribution in [3.8, 4) is 0 Å². The predicted octanol–water partition coefficient (Wildman–Crippen LogP) is 6.92. The number of methoxy groups -OCH3 is 1. The summed E-state index contributed by atoms with van der Waals surface area (Å²) in [6.07, 6.45) is -8.39. The van der Waals surface area contributed by atoms with Gasteiger partial charge in [0.1, 0.15) is 0 Å². The second-order valence-corrected chi connectivity index (χ2v) is 6.86. The first kappa shape index (κ1) is 24.6. The lowest BCUT2D eigenvalue weighted by atomic mass is 9.80. The molecular weight excluding hydrogens is 403 g/mol. The SMILES string of the molecule is CCC(C)c1ccccc1C(C)(CC(F)(F)C(F)(F)C(F)(F)C(F)(F)F)OC. The zero-order chi connectivity index (χ0) is 22.2. The van der Waals surface area contributed by atoms with Gasteiger partial charge in [0.2, 0.25) is 0 Å². The molecule has 0 saturated carbocycles. The van der Waals surface area contributed by atoms with Crippen molar-refractivity contribution in [2.75, 3.05) is 7.11 Å². The molecule has 1 aromatic rings. The van der Waals surface area contributed by atoms with E-state index in [0.29, 0.717) is 12.0 Å². The smallest absolute Gasteiger partial charge is 0.374 e. The molecular formula is C18H21F9O. The number of alkyl halides is 9. The zero-order valence-corrected chi connectivity index (χ0v) is 15.6. The maximum atomic E-state index is 14.2. The van der Waals surface area contributed by atoms with Crippen LogP contribution in [0.3, 0.4) is 0 Å². The third kappa shape index (κ3) is 4.11. The molecule has 0 heterocycles. The molecule has 1 rings (SSSR count). The van der Waals surface area contributed by atoms with Crippen LogP contribution in [-0.4, -0.2) is 31.1 Å². The van der Waals surface area contributed by atoms with E-state index in [1.54, 1.807) is 19.9 Å². The minimum absolute atomic E-state index is 0.0117. The van der Waals surface area contributed by atoms with E-state index >= 15 is 0 Å². The van der Waals surface area contributed by atoms with Gasteiger partial charge in [-0.15, -0.1) is 0 Å². The van der Waals surface area contributed by atoms with E-state index in [1.807, 2.05) is 0 Å². The summed E-state index contributed by atoms with van der Waals surface area (Å²) in [4.78, 5) is 0. The molecule has 0 radical (unpaired) electrons. The second-order valence-electron chi connectivity index (χ2n) is 6.86. The Bertz CT molecular complexity index is 669. The monoisotopic (exact) mass is 424 g/mol. The summed E-state index contributed by atoms with van der Waals surface area (Å²) in [5.74, 6) is -19.5. The van der Waals surface area contributed by atoms with Crippen LogP contribution in [-0.2, 0) is 10.3 Å². The van der Waals surface area contributed by atoms with Gasteiger partial charge in [-0.1, -0.05) is 38.1 Å². The molecule has 1 aromatic carbocycles. The number of hydrogen-bond acceptors (Lipinski definition) is 1. The topological polar surface area (TPSA) is 9.23 Å². The van der Waals surface area contributed by atoms with E-state index < -0.39 is 36.0 Å². The lowest BCUT2D eigenvalue weighted by molar-refractivity contribution is -0.400. The number of rotatable bonds is 8. The molecule has 28 heavy (non-hydrogen) atoms. The van der Waals surface area contributed by atoms with E-state index in [0.717, 1.165) is 14.0 Å². The lowest BCUT2D eigenvalue weighted by Crippen LogP contribution is -2.62. The second kappa shape index (κ2) is 7.76. The van der Waals surface area contributed by atoms with Crippen LogP contribution in [0.4, 0.5) is 39.5 Å². The van der Waals surface area contributed by atoms with Gasteiger partial charge in [0.15, 0.2) is 0 Å². The Hall–Kier alpha value is -1.45. The van der Waals surface area contributed by atoms with Crippen molar-refractivity contribution in [1.82, 2.24) is 0 Å². The summed E-state index contributed by atoms with van der Waals surface area (Å²) in [6.45, 7) is 4.45. The molecule has 10 heteroatoms. The van der Waals surface area contributed by atoms with Crippen molar-refractivity contribution in [2.24, 2.45) is 0 Å². The summed E-state index contributed by atoms with van der Waals surface area (Å²) in [5.41, 5.74) is -1.79. The van der Waals surface area contributed by atoms with Gasteiger partial charge < -0.3 is 4.74 Å². The highest BCUT2D eigenvalue weighted by molar-refractivity contribution is 5.35. The van der Waals surface area contributed by atoms with Crippen molar-refractivity contribution in [2.45, 2.75) is 69.1 Å². The van der Waals surface area contributed by atoms with E-state index in [-0.39, 0.29) is 11.5 Å². The van der Waals surface area contributed by atoms with Crippen LogP contribution in [0, 0.1) is 0 Å². The van der Waals surface area contributed by atoms with Gasteiger partial charge in [-0.3, -0.25) is 0 Å². The van der Waals surface area contributed by atoms with Gasteiger partial charge >= 0.3 is 23.9 Å². The summed E-state index contributed by atoms with van der Waals surface area (Å²) in [7, 11) is 0.892. The molecule has 162 valence electrons. The van der Waals surface area contributed by atoms with Crippen LogP contribution in [0.2, 0.25) is 0 Å². The van der Waals surface area contributed by atoms with Crippen molar-refractivity contribution < 1.29 is 44.3 Å².